The summed E-state index contributed by atoms with van der Waals surface area (Å²) in [6.45, 7) is 3.46. The van der Waals surface area contributed by atoms with E-state index in [9.17, 15) is 9.59 Å². The van der Waals surface area contributed by atoms with E-state index in [1.54, 1.807) is 13.8 Å². The van der Waals surface area contributed by atoms with Crippen molar-refractivity contribution in [2.75, 3.05) is 0 Å². The third kappa shape index (κ3) is 3.89. The summed E-state index contributed by atoms with van der Waals surface area (Å²) in [4.78, 5) is 21.7. The number of hydrogen-bond donors (Lipinski definition) is 3. The van der Waals surface area contributed by atoms with Crippen LogP contribution in [0.3, 0.4) is 0 Å². The van der Waals surface area contributed by atoms with Crippen molar-refractivity contribution in [2.45, 2.75) is 38.8 Å². The molecule has 1 amide bonds. The minimum absolute atomic E-state index is 0.359. The Morgan fingerprint density at radius 3 is 2.23 bits per heavy atom. The molecular weight excluding hydrogens is 172 g/mol. The number of hydrogen-bond acceptors (Lipinski definition) is 3. The van der Waals surface area contributed by atoms with Crippen molar-refractivity contribution in [3.63, 3.8) is 0 Å². The van der Waals surface area contributed by atoms with E-state index >= 15 is 0 Å². The summed E-state index contributed by atoms with van der Waals surface area (Å²) in [6, 6.07) is -1.45. The summed E-state index contributed by atoms with van der Waals surface area (Å²) >= 11 is 0. The molecule has 5 heteroatoms. The van der Waals surface area contributed by atoms with E-state index in [4.69, 9.17) is 10.8 Å². The fourth-order valence-electron chi connectivity index (χ4n) is 0.803. The van der Waals surface area contributed by atoms with Gasteiger partial charge in [0.25, 0.3) is 0 Å². The topological polar surface area (TPSA) is 92.4 Å². The summed E-state index contributed by atoms with van der Waals surface area (Å²) in [5.41, 5.74) is 5.41. The van der Waals surface area contributed by atoms with Crippen LogP contribution < -0.4 is 11.1 Å². The van der Waals surface area contributed by atoms with Gasteiger partial charge >= 0.3 is 5.97 Å². The van der Waals surface area contributed by atoms with E-state index in [1.807, 2.05) is 0 Å². The van der Waals surface area contributed by atoms with Crippen LogP contribution in [-0.4, -0.2) is 29.1 Å². The Morgan fingerprint density at radius 1 is 1.38 bits per heavy atom. The largest absolute Gasteiger partial charge is 0.480 e. The van der Waals surface area contributed by atoms with Crippen LogP contribution in [0.25, 0.3) is 0 Å². The number of aliphatic carboxylic acids is 1. The summed E-state index contributed by atoms with van der Waals surface area (Å²) in [5, 5.41) is 11.0. The van der Waals surface area contributed by atoms with E-state index in [2.05, 4.69) is 5.32 Å². The lowest BCUT2D eigenvalue weighted by atomic mass is 10.2. The number of nitrogens with one attached hydrogen (secondary N) is 1. The van der Waals surface area contributed by atoms with Gasteiger partial charge in [0.05, 0.1) is 6.04 Å². The van der Waals surface area contributed by atoms with Gasteiger partial charge in [-0.2, -0.15) is 0 Å². The van der Waals surface area contributed by atoms with Gasteiger partial charge in [-0.05, 0) is 12.8 Å². The molecule has 0 aromatic heterocycles. The Labute approximate surface area is 77.3 Å². The second-order valence-corrected chi connectivity index (χ2v) is 2.82. The Hall–Kier alpha value is -1.10. The average molecular weight is 188 g/mol. The molecule has 0 aliphatic rings. The van der Waals surface area contributed by atoms with Crippen molar-refractivity contribution in [3.05, 3.63) is 0 Å². The highest BCUT2D eigenvalue weighted by Crippen LogP contribution is 1.93. The zero-order valence-electron chi connectivity index (χ0n) is 7.91. The Balaban J connectivity index is 4.09. The molecule has 2 atom stereocenters. The molecule has 0 saturated heterocycles. The van der Waals surface area contributed by atoms with E-state index in [0.717, 1.165) is 0 Å². The maximum Gasteiger partial charge on any atom is 0.326 e. The lowest BCUT2D eigenvalue weighted by molar-refractivity contribution is -0.142. The molecule has 0 radical (unpaired) electrons. The first-order chi connectivity index (χ1) is 6.02. The van der Waals surface area contributed by atoms with Crippen LogP contribution in [0.5, 0.6) is 0 Å². The second-order valence-electron chi connectivity index (χ2n) is 2.82. The molecule has 0 bridgehead atoms. The van der Waals surface area contributed by atoms with Crippen LogP contribution in [-0.2, 0) is 9.59 Å². The summed E-state index contributed by atoms with van der Waals surface area (Å²) < 4.78 is 0. The van der Waals surface area contributed by atoms with Crippen molar-refractivity contribution >= 4 is 11.9 Å². The molecular formula is C8H16N2O3. The van der Waals surface area contributed by atoms with Gasteiger partial charge in [-0.15, -0.1) is 0 Å². The number of carboxylic acid groups (broad SMARTS) is 1. The van der Waals surface area contributed by atoms with Crippen LogP contribution in [0.2, 0.25) is 0 Å². The van der Waals surface area contributed by atoms with Gasteiger partial charge in [-0.25, -0.2) is 4.79 Å². The third-order valence-electron chi connectivity index (χ3n) is 1.80. The Kier molecular flexibility index (Phi) is 5.06. The highest BCUT2D eigenvalue weighted by Gasteiger charge is 2.20. The number of carboxylic acids is 1. The maximum absolute atomic E-state index is 11.1. The van der Waals surface area contributed by atoms with Gasteiger partial charge in [-0.3, -0.25) is 4.79 Å². The number of amides is 1. The standard InChI is InChI=1S/C8H16N2O3/c1-3-5(9)7(11)10-6(4-2)8(12)13/h5-6H,3-4,9H2,1-2H3,(H,10,11)(H,12,13). The first-order valence-electron chi connectivity index (χ1n) is 4.31. The molecule has 2 unspecified atom stereocenters. The highest BCUT2D eigenvalue weighted by atomic mass is 16.4. The van der Waals surface area contributed by atoms with Gasteiger partial charge in [0.2, 0.25) is 5.91 Å². The van der Waals surface area contributed by atoms with Crippen molar-refractivity contribution in [1.29, 1.82) is 0 Å². The van der Waals surface area contributed by atoms with Gasteiger partial charge < -0.3 is 16.2 Å². The summed E-state index contributed by atoms with van der Waals surface area (Å²) in [7, 11) is 0. The van der Waals surface area contributed by atoms with Crippen molar-refractivity contribution < 1.29 is 14.7 Å². The Bertz CT molecular complexity index is 194. The fourth-order valence-corrected chi connectivity index (χ4v) is 0.803. The molecule has 0 aliphatic carbocycles. The predicted octanol–water partition coefficient (Wildman–Crippen LogP) is -0.297. The third-order valence-corrected chi connectivity index (χ3v) is 1.80. The fraction of sp³-hybridized carbons (Fsp3) is 0.750. The van der Waals surface area contributed by atoms with Crippen LogP contribution in [0, 0.1) is 0 Å². The monoisotopic (exact) mass is 188 g/mol. The molecule has 0 heterocycles. The van der Waals surface area contributed by atoms with Crippen LogP contribution in [0.4, 0.5) is 0 Å². The Morgan fingerprint density at radius 2 is 1.92 bits per heavy atom. The molecule has 0 aromatic rings. The molecule has 5 nitrogen and oxygen atoms in total. The summed E-state index contributed by atoms with van der Waals surface area (Å²) in [5.74, 6) is -1.43. The molecule has 4 N–H and O–H groups in total. The first kappa shape index (κ1) is 11.9. The summed E-state index contributed by atoms with van der Waals surface area (Å²) in [6.07, 6.45) is 0.861. The van der Waals surface area contributed by atoms with E-state index in [1.165, 1.54) is 0 Å². The van der Waals surface area contributed by atoms with E-state index < -0.39 is 24.0 Å². The molecule has 0 rings (SSSR count). The molecule has 13 heavy (non-hydrogen) atoms. The minimum Gasteiger partial charge on any atom is -0.480 e. The second kappa shape index (κ2) is 5.53. The normalized spacial score (nSPS) is 14.7. The molecule has 0 spiro atoms. The van der Waals surface area contributed by atoms with E-state index in [-0.39, 0.29) is 0 Å². The minimum atomic E-state index is -1.03. The van der Waals surface area contributed by atoms with Crippen LogP contribution in [0.15, 0.2) is 0 Å². The number of nitrogens with two attached hydrogens (primary N) is 1. The predicted molar refractivity (Wildman–Crippen MR) is 48.1 cm³/mol. The lowest BCUT2D eigenvalue weighted by Crippen LogP contribution is -2.47. The van der Waals surface area contributed by atoms with Crippen LogP contribution >= 0.6 is 0 Å². The SMILES string of the molecule is CCC(N)C(=O)NC(CC)C(=O)O. The van der Waals surface area contributed by atoms with Crippen LogP contribution in [0.1, 0.15) is 26.7 Å². The molecule has 0 fully saturated rings. The van der Waals surface area contributed by atoms with Gasteiger partial charge in [0, 0.05) is 0 Å². The van der Waals surface area contributed by atoms with Gasteiger partial charge in [0.15, 0.2) is 0 Å². The van der Waals surface area contributed by atoms with Crippen molar-refractivity contribution in [2.24, 2.45) is 5.73 Å². The molecule has 0 saturated carbocycles. The molecule has 0 aromatic carbocycles. The van der Waals surface area contributed by atoms with Crippen molar-refractivity contribution in [1.82, 2.24) is 5.32 Å². The number of carbonyl (C=O) groups excluding carboxylic acids is 1. The molecule has 0 aliphatic heterocycles. The smallest absolute Gasteiger partial charge is 0.326 e. The first-order valence-corrected chi connectivity index (χ1v) is 4.31. The average Bonchev–Trinajstić information content (AvgIpc) is 2.11. The van der Waals surface area contributed by atoms with Gasteiger partial charge in [-0.1, -0.05) is 13.8 Å². The maximum atomic E-state index is 11.1. The van der Waals surface area contributed by atoms with E-state index in [0.29, 0.717) is 12.8 Å². The van der Waals surface area contributed by atoms with Gasteiger partial charge in [0.1, 0.15) is 6.04 Å². The van der Waals surface area contributed by atoms with Crippen molar-refractivity contribution in [3.8, 4) is 0 Å². The zero-order valence-corrected chi connectivity index (χ0v) is 7.91. The highest BCUT2D eigenvalue weighted by molar-refractivity contribution is 5.86. The lowest BCUT2D eigenvalue weighted by Gasteiger charge is -2.15. The zero-order chi connectivity index (χ0) is 10.4. The molecule has 76 valence electrons. The number of rotatable bonds is 5. The quantitative estimate of drug-likeness (QED) is 0.552. The number of carbonyl (C=O) groups is 2.